The highest BCUT2D eigenvalue weighted by atomic mass is 16.6. The number of rotatable bonds is 6. The van der Waals surface area contributed by atoms with Crippen LogP contribution in [0.25, 0.3) is 0 Å². The molecule has 1 aromatic carbocycles. The van der Waals surface area contributed by atoms with Crippen LogP contribution in [0.1, 0.15) is 53.5 Å². The monoisotopic (exact) mass is 306 g/mol. The molecule has 1 aromatic rings. The third kappa shape index (κ3) is 7.34. The number of carbonyl (C=O) groups excluding carboxylic acids is 1. The van der Waals surface area contributed by atoms with Crippen molar-refractivity contribution < 1.29 is 9.53 Å². The predicted octanol–water partition coefficient (Wildman–Crippen LogP) is 4.56. The lowest BCUT2D eigenvalue weighted by Crippen LogP contribution is -2.32. The fraction of sp³-hybridized carbons (Fsp3) is 0.611. The van der Waals surface area contributed by atoms with Gasteiger partial charge in [0.15, 0.2) is 0 Å². The number of benzene rings is 1. The lowest BCUT2D eigenvalue weighted by Gasteiger charge is -2.21. The Labute approximate surface area is 134 Å². The van der Waals surface area contributed by atoms with E-state index in [-0.39, 0.29) is 0 Å². The highest BCUT2D eigenvalue weighted by Crippen LogP contribution is 2.18. The van der Waals surface area contributed by atoms with Gasteiger partial charge in [0, 0.05) is 18.3 Å². The molecule has 0 radical (unpaired) electrons. The third-order valence-electron chi connectivity index (χ3n) is 3.07. The summed E-state index contributed by atoms with van der Waals surface area (Å²) >= 11 is 0. The maximum absolute atomic E-state index is 11.8. The van der Waals surface area contributed by atoms with Crippen LogP contribution in [0, 0.1) is 5.92 Å². The second-order valence-corrected chi connectivity index (χ2v) is 7.19. The number of anilines is 1. The SMILES string of the molecule is CC(C)CC(C)Nc1ccccc1CNC(=O)OC(C)(C)C. The molecular weight excluding hydrogens is 276 g/mol. The molecule has 0 saturated heterocycles. The smallest absolute Gasteiger partial charge is 0.407 e. The zero-order valence-electron chi connectivity index (χ0n) is 14.7. The topological polar surface area (TPSA) is 50.4 Å². The summed E-state index contributed by atoms with van der Waals surface area (Å²) in [7, 11) is 0. The maximum Gasteiger partial charge on any atom is 0.407 e. The van der Waals surface area contributed by atoms with E-state index in [1.807, 2.05) is 45.0 Å². The van der Waals surface area contributed by atoms with Crippen LogP contribution < -0.4 is 10.6 Å². The van der Waals surface area contributed by atoms with E-state index < -0.39 is 11.7 Å². The number of nitrogens with one attached hydrogen (secondary N) is 2. The minimum Gasteiger partial charge on any atom is -0.444 e. The molecule has 0 bridgehead atoms. The van der Waals surface area contributed by atoms with Crippen molar-refractivity contribution in [2.45, 2.75) is 66.2 Å². The average Bonchev–Trinajstić information content (AvgIpc) is 2.34. The van der Waals surface area contributed by atoms with Gasteiger partial charge < -0.3 is 15.4 Å². The fourth-order valence-corrected chi connectivity index (χ4v) is 2.33. The van der Waals surface area contributed by atoms with Crippen LogP contribution in [0.15, 0.2) is 24.3 Å². The van der Waals surface area contributed by atoms with Gasteiger partial charge in [0.1, 0.15) is 5.60 Å². The number of alkyl carbamates (subject to hydrolysis) is 1. The summed E-state index contributed by atoms with van der Waals surface area (Å²) in [5.74, 6) is 0.648. The molecule has 22 heavy (non-hydrogen) atoms. The van der Waals surface area contributed by atoms with E-state index in [0.717, 1.165) is 17.7 Å². The van der Waals surface area contributed by atoms with E-state index in [2.05, 4.69) is 31.4 Å². The Hall–Kier alpha value is -1.71. The second-order valence-electron chi connectivity index (χ2n) is 7.19. The second kappa shape index (κ2) is 8.06. The van der Waals surface area contributed by atoms with Crippen molar-refractivity contribution in [1.29, 1.82) is 0 Å². The number of carbonyl (C=O) groups is 1. The first-order valence-corrected chi connectivity index (χ1v) is 7.98. The number of para-hydroxylation sites is 1. The number of amides is 1. The summed E-state index contributed by atoms with van der Waals surface area (Å²) in [4.78, 5) is 11.8. The molecule has 0 aromatic heterocycles. The van der Waals surface area contributed by atoms with Crippen LogP contribution in [0.5, 0.6) is 0 Å². The third-order valence-corrected chi connectivity index (χ3v) is 3.07. The summed E-state index contributed by atoms with van der Waals surface area (Å²) in [6, 6.07) is 8.43. The lowest BCUT2D eigenvalue weighted by molar-refractivity contribution is 0.0523. The van der Waals surface area contributed by atoms with Gasteiger partial charge in [-0.2, -0.15) is 0 Å². The maximum atomic E-state index is 11.8. The molecule has 4 heteroatoms. The first-order chi connectivity index (χ1) is 10.2. The largest absolute Gasteiger partial charge is 0.444 e. The Balaban J connectivity index is 2.62. The molecule has 0 spiro atoms. The van der Waals surface area contributed by atoms with E-state index in [1.165, 1.54) is 0 Å². The van der Waals surface area contributed by atoms with Crippen LogP contribution in [-0.2, 0) is 11.3 Å². The number of hydrogen-bond donors (Lipinski definition) is 2. The molecule has 0 saturated carbocycles. The van der Waals surface area contributed by atoms with E-state index in [1.54, 1.807) is 0 Å². The first kappa shape index (κ1) is 18.3. The molecule has 1 amide bonds. The van der Waals surface area contributed by atoms with Crippen molar-refractivity contribution in [1.82, 2.24) is 5.32 Å². The lowest BCUT2D eigenvalue weighted by atomic mass is 10.0. The molecule has 0 aliphatic rings. The van der Waals surface area contributed by atoms with Gasteiger partial charge in [-0.05, 0) is 51.7 Å². The van der Waals surface area contributed by atoms with Gasteiger partial charge in [-0.25, -0.2) is 4.79 Å². The average molecular weight is 306 g/mol. The Morgan fingerprint density at radius 2 is 1.82 bits per heavy atom. The molecule has 0 aliphatic heterocycles. The van der Waals surface area contributed by atoms with E-state index >= 15 is 0 Å². The van der Waals surface area contributed by atoms with Crippen LogP contribution in [0.3, 0.4) is 0 Å². The molecule has 0 heterocycles. The van der Waals surface area contributed by atoms with E-state index in [0.29, 0.717) is 18.5 Å². The van der Waals surface area contributed by atoms with Gasteiger partial charge in [-0.3, -0.25) is 0 Å². The quantitative estimate of drug-likeness (QED) is 0.810. The van der Waals surface area contributed by atoms with E-state index in [4.69, 9.17) is 4.74 Å². The molecule has 1 atom stereocenters. The Morgan fingerprint density at radius 1 is 1.18 bits per heavy atom. The van der Waals surface area contributed by atoms with Gasteiger partial charge >= 0.3 is 6.09 Å². The highest BCUT2D eigenvalue weighted by molar-refractivity contribution is 5.68. The van der Waals surface area contributed by atoms with Crippen molar-refractivity contribution in [2.24, 2.45) is 5.92 Å². The minimum absolute atomic E-state index is 0.391. The molecule has 0 fully saturated rings. The normalized spacial score (nSPS) is 12.9. The highest BCUT2D eigenvalue weighted by Gasteiger charge is 2.16. The summed E-state index contributed by atoms with van der Waals surface area (Å²) in [6.07, 6.45) is 0.714. The van der Waals surface area contributed by atoms with Gasteiger partial charge in [-0.15, -0.1) is 0 Å². The van der Waals surface area contributed by atoms with Crippen molar-refractivity contribution >= 4 is 11.8 Å². The number of hydrogen-bond acceptors (Lipinski definition) is 3. The predicted molar refractivity (Wildman–Crippen MR) is 92.1 cm³/mol. The Bertz CT molecular complexity index is 478. The molecule has 4 nitrogen and oxygen atoms in total. The van der Waals surface area contributed by atoms with Crippen LogP contribution >= 0.6 is 0 Å². The molecular formula is C18H30N2O2. The van der Waals surface area contributed by atoms with Crippen LogP contribution in [0.4, 0.5) is 10.5 Å². The summed E-state index contributed by atoms with van der Waals surface area (Å²) in [5, 5.41) is 6.33. The standard InChI is InChI=1S/C18H30N2O2/c1-13(2)11-14(3)20-16-10-8-7-9-15(16)12-19-17(21)22-18(4,5)6/h7-10,13-14,20H,11-12H2,1-6H3,(H,19,21). The van der Waals surface area contributed by atoms with E-state index in [9.17, 15) is 4.79 Å². The summed E-state index contributed by atoms with van der Waals surface area (Å²) in [5.41, 5.74) is 1.64. The van der Waals surface area contributed by atoms with Gasteiger partial charge in [0.25, 0.3) is 0 Å². The van der Waals surface area contributed by atoms with Crippen molar-refractivity contribution in [3.63, 3.8) is 0 Å². The van der Waals surface area contributed by atoms with Gasteiger partial charge in [0.05, 0.1) is 0 Å². The van der Waals surface area contributed by atoms with Crippen LogP contribution in [0.2, 0.25) is 0 Å². The Kier molecular flexibility index (Phi) is 6.72. The van der Waals surface area contributed by atoms with Crippen molar-refractivity contribution in [2.75, 3.05) is 5.32 Å². The molecule has 1 unspecified atom stereocenters. The van der Waals surface area contributed by atoms with Crippen LogP contribution in [-0.4, -0.2) is 17.7 Å². The van der Waals surface area contributed by atoms with Gasteiger partial charge in [0.2, 0.25) is 0 Å². The molecule has 0 aliphatic carbocycles. The molecule has 2 N–H and O–H groups in total. The zero-order chi connectivity index (χ0) is 16.8. The van der Waals surface area contributed by atoms with Crippen molar-refractivity contribution in [3.8, 4) is 0 Å². The van der Waals surface area contributed by atoms with Gasteiger partial charge in [-0.1, -0.05) is 32.0 Å². The fourth-order valence-electron chi connectivity index (χ4n) is 2.33. The number of ether oxygens (including phenoxy) is 1. The first-order valence-electron chi connectivity index (χ1n) is 7.98. The minimum atomic E-state index is -0.479. The van der Waals surface area contributed by atoms with Crippen molar-refractivity contribution in [3.05, 3.63) is 29.8 Å². The Morgan fingerprint density at radius 3 is 2.41 bits per heavy atom. The summed E-state index contributed by atoms with van der Waals surface area (Å²) < 4.78 is 5.26. The zero-order valence-corrected chi connectivity index (χ0v) is 14.7. The summed E-state index contributed by atoms with van der Waals surface area (Å²) in [6.45, 7) is 12.6. The molecule has 124 valence electrons. The molecule has 1 rings (SSSR count).